The van der Waals surface area contributed by atoms with Crippen molar-refractivity contribution in [2.75, 3.05) is 11.4 Å². The number of carbonyl (C=O) groups is 2. The normalized spacial score (nSPS) is 17.9. The Morgan fingerprint density at radius 2 is 2.10 bits per heavy atom. The number of nitrogens with zero attached hydrogens (tertiary/aromatic N) is 2. The first-order chi connectivity index (χ1) is 9.23. The van der Waals surface area contributed by atoms with E-state index in [0.717, 1.165) is 5.69 Å². The van der Waals surface area contributed by atoms with Crippen LogP contribution in [0.4, 0.5) is 5.82 Å². The van der Waals surface area contributed by atoms with Gasteiger partial charge in [0.05, 0.1) is 12.1 Å². The molecule has 1 aromatic heterocycles. The number of amides is 2. The average Bonchev–Trinajstić information content (AvgIpc) is 2.33. The summed E-state index contributed by atoms with van der Waals surface area (Å²) in [4.78, 5) is 29.9. The molecule has 2 amide bonds. The van der Waals surface area contributed by atoms with Gasteiger partial charge < -0.3 is 10.6 Å². The van der Waals surface area contributed by atoms with E-state index >= 15 is 0 Å². The van der Waals surface area contributed by atoms with E-state index in [9.17, 15) is 9.59 Å². The van der Waals surface area contributed by atoms with Crippen LogP contribution in [0.2, 0.25) is 0 Å². The van der Waals surface area contributed by atoms with Crippen molar-refractivity contribution in [2.24, 2.45) is 5.73 Å². The summed E-state index contributed by atoms with van der Waals surface area (Å²) >= 11 is 5.02. The Morgan fingerprint density at radius 3 is 2.70 bits per heavy atom. The summed E-state index contributed by atoms with van der Waals surface area (Å²) in [5.41, 5.74) is 6.12. The molecule has 2 heterocycles. The Kier molecular flexibility index (Phi) is 3.47. The van der Waals surface area contributed by atoms with Crippen LogP contribution in [0.1, 0.15) is 25.1 Å². The maximum Gasteiger partial charge on any atom is 0.251 e. The lowest BCUT2D eigenvalue weighted by Crippen LogP contribution is -2.64. The van der Waals surface area contributed by atoms with Crippen LogP contribution in [0.3, 0.4) is 0 Å². The van der Waals surface area contributed by atoms with Gasteiger partial charge in [0.15, 0.2) is 0 Å². The van der Waals surface area contributed by atoms with Crippen molar-refractivity contribution in [1.29, 1.82) is 0 Å². The fraction of sp³-hybridized carbons (Fsp3) is 0.385. The molecule has 0 unspecified atom stereocenters. The van der Waals surface area contributed by atoms with E-state index in [1.165, 1.54) is 0 Å². The van der Waals surface area contributed by atoms with Gasteiger partial charge in [-0.3, -0.25) is 14.9 Å². The lowest BCUT2D eigenvalue weighted by atomic mass is 9.97. The zero-order chi connectivity index (χ0) is 15.1. The molecule has 3 N–H and O–H groups in total. The number of carbonyl (C=O) groups excluding carboxylic acids is 2. The second-order valence-electron chi connectivity index (χ2n) is 5.21. The number of thiocarbonyl (C=S) groups is 1. The topological polar surface area (TPSA) is 88.3 Å². The van der Waals surface area contributed by atoms with Gasteiger partial charge in [-0.15, -0.1) is 0 Å². The highest BCUT2D eigenvalue weighted by atomic mass is 32.1. The highest BCUT2D eigenvalue weighted by Gasteiger charge is 2.42. The number of hydrogen-bond donors (Lipinski definition) is 2. The Balaban J connectivity index is 2.59. The van der Waals surface area contributed by atoms with Crippen LogP contribution in [-0.4, -0.2) is 33.9 Å². The fourth-order valence-electron chi connectivity index (χ4n) is 2.06. The number of rotatable bonds is 2. The Morgan fingerprint density at radius 1 is 1.45 bits per heavy atom. The Labute approximate surface area is 122 Å². The monoisotopic (exact) mass is 292 g/mol. The van der Waals surface area contributed by atoms with Gasteiger partial charge in [0, 0.05) is 5.69 Å². The van der Waals surface area contributed by atoms with Gasteiger partial charge in [-0.25, -0.2) is 4.98 Å². The van der Waals surface area contributed by atoms with E-state index in [4.69, 9.17) is 18.0 Å². The van der Waals surface area contributed by atoms with Crippen molar-refractivity contribution in [3.63, 3.8) is 0 Å². The van der Waals surface area contributed by atoms with Crippen LogP contribution in [-0.2, 0) is 9.59 Å². The molecule has 6 nitrogen and oxygen atoms in total. The number of piperazine rings is 1. The Bertz CT molecular complexity index is 612. The van der Waals surface area contributed by atoms with Gasteiger partial charge in [0.1, 0.15) is 16.3 Å². The quantitative estimate of drug-likeness (QED) is 0.601. The smallest absolute Gasteiger partial charge is 0.251 e. The van der Waals surface area contributed by atoms with E-state index in [2.05, 4.69) is 10.3 Å². The highest BCUT2D eigenvalue weighted by molar-refractivity contribution is 7.80. The molecule has 1 aliphatic heterocycles. The molecule has 0 aromatic carbocycles. The number of aromatic nitrogens is 1. The van der Waals surface area contributed by atoms with Crippen LogP contribution in [0, 0.1) is 6.92 Å². The standard InChI is InChI=1S/C13H16N4O2S/c1-7-4-5-8(10(14)20)11(15-7)17-6-9(18)16-12(19)13(17,2)3/h4-5H,6H2,1-3H3,(H2,14,20)(H,16,18,19). The van der Waals surface area contributed by atoms with E-state index in [1.807, 2.05) is 6.92 Å². The molecular formula is C13H16N4O2S. The van der Waals surface area contributed by atoms with Gasteiger partial charge in [-0.2, -0.15) is 0 Å². The van der Waals surface area contributed by atoms with Gasteiger partial charge in [-0.1, -0.05) is 12.2 Å². The second-order valence-corrected chi connectivity index (χ2v) is 5.65. The summed E-state index contributed by atoms with van der Waals surface area (Å²) in [6.07, 6.45) is 0. The van der Waals surface area contributed by atoms with E-state index < -0.39 is 5.54 Å². The number of nitrogens with two attached hydrogens (primary N) is 1. The molecule has 1 aliphatic rings. The molecule has 7 heteroatoms. The predicted octanol–water partition coefficient (Wildman–Crippen LogP) is 0.266. The van der Waals surface area contributed by atoms with E-state index in [-0.39, 0.29) is 23.3 Å². The van der Waals surface area contributed by atoms with Crippen LogP contribution in [0.15, 0.2) is 12.1 Å². The van der Waals surface area contributed by atoms with Gasteiger partial charge in [0.2, 0.25) is 5.91 Å². The summed E-state index contributed by atoms with van der Waals surface area (Å²) in [6.45, 7) is 5.31. The second kappa shape index (κ2) is 4.82. The largest absolute Gasteiger partial charge is 0.389 e. The highest BCUT2D eigenvalue weighted by Crippen LogP contribution is 2.28. The van der Waals surface area contributed by atoms with Crippen molar-refractivity contribution in [3.05, 3.63) is 23.4 Å². The minimum absolute atomic E-state index is 0.0325. The zero-order valence-electron chi connectivity index (χ0n) is 11.6. The van der Waals surface area contributed by atoms with Crippen LogP contribution >= 0.6 is 12.2 Å². The van der Waals surface area contributed by atoms with Crippen molar-refractivity contribution in [2.45, 2.75) is 26.3 Å². The fourth-order valence-corrected chi connectivity index (χ4v) is 2.22. The number of pyridine rings is 1. The molecule has 1 fully saturated rings. The number of hydrogen-bond acceptors (Lipinski definition) is 5. The van der Waals surface area contributed by atoms with Crippen LogP contribution < -0.4 is 16.0 Å². The molecule has 1 aromatic rings. The third kappa shape index (κ3) is 2.36. The lowest BCUT2D eigenvalue weighted by molar-refractivity contribution is -0.135. The summed E-state index contributed by atoms with van der Waals surface area (Å²) in [5, 5.41) is 2.32. The van der Waals surface area contributed by atoms with Crippen LogP contribution in [0.5, 0.6) is 0 Å². The molecular weight excluding hydrogens is 276 g/mol. The maximum atomic E-state index is 12.0. The lowest BCUT2D eigenvalue weighted by Gasteiger charge is -2.41. The molecule has 1 saturated heterocycles. The molecule has 0 spiro atoms. The van der Waals surface area contributed by atoms with Gasteiger partial charge in [-0.05, 0) is 32.9 Å². The Hall–Kier alpha value is -2.02. The molecule has 106 valence electrons. The summed E-state index contributed by atoms with van der Waals surface area (Å²) < 4.78 is 0. The summed E-state index contributed by atoms with van der Waals surface area (Å²) in [6, 6.07) is 3.55. The minimum Gasteiger partial charge on any atom is -0.389 e. The SMILES string of the molecule is Cc1ccc(C(N)=S)c(N2CC(=O)NC(=O)C2(C)C)n1. The number of imide groups is 1. The third-order valence-corrected chi connectivity index (χ3v) is 3.54. The van der Waals surface area contributed by atoms with Gasteiger partial charge in [0.25, 0.3) is 5.91 Å². The maximum absolute atomic E-state index is 12.0. The first-order valence-corrected chi connectivity index (χ1v) is 6.53. The predicted molar refractivity (Wildman–Crippen MR) is 79.4 cm³/mol. The minimum atomic E-state index is -0.908. The number of anilines is 1. The molecule has 20 heavy (non-hydrogen) atoms. The van der Waals surface area contributed by atoms with Crippen molar-refractivity contribution >= 4 is 34.8 Å². The first-order valence-electron chi connectivity index (χ1n) is 6.13. The van der Waals surface area contributed by atoms with Gasteiger partial charge >= 0.3 is 0 Å². The first kappa shape index (κ1) is 14.4. The molecule has 2 rings (SSSR count). The average molecular weight is 292 g/mol. The van der Waals surface area contributed by atoms with Crippen LogP contribution in [0.25, 0.3) is 0 Å². The molecule has 0 radical (unpaired) electrons. The zero-order valence-corrected chi connectivity index (χ0v) is 12.4. The summed E-state index contributed by atoms with van der Waals surface area (Å²) in [5.74, 6) is -0.275. The van der Waals surface area contributed by atoms with E-state index in [1.54, 1.807) is 30.9 Å². The molecule has 0 atom stereocenters. The third-order valence-electron chi connectivity index (χ3n) is 3.32. The molecule has 0 aliphatic carbocycles. The number of aryl methyl sites for hydroxylation is 1. The van der Waals surface area contributed by atoms with E-state index in [0.29, 0.717) is 11.4 Å². The van der Waals surface area contributed by atoms with Crippen molar-refractivity contribution in [3.8, 4) is 0 Å². The molecule has 0 bridgehead atoms. The van der Waals surface area contributed by atoms with Crippen molar-refractivity contribution in [1.82, 2.24) is 10.3 Å². The van der Waals surface area contributed by atoms with Crippen molar-refractivity contribution < 1.29 is 9.59 Å². The number of nitrogens with one attached hydrogen (secondary N) is 1. The summed E-state index contributed by atoms with van der Waals surface area (Å²) in [7, 11) is 0. The molecule has 0 saturated carbocycles.